The van der Waals surface area contributed by atoms with Gasteiger partial charge in [0.15, 0.2) is 6.10 Å². The summed E-state index contributed by atoms with van der Waals surface area (Å²) in [5, 5.41) is 18.5. The SMILES string of the molecule is CCCCCC(=O)OC[C@H](COP(=O)(O)OCC[N+](C)(C)C)OC(=O)CCCCCc1ccc([N+](=O)[O-])c2nonc12. The molecule has 0 aliphatic rings. The van der Waals surface area contributed by atoms with Crippen LogP contribution in [0, 0.1) is 10.1 Å². The van der Waals surface area contributed by atoms with Gasteiger partial charge in [0, 0.05) is 18.9 Å². The summed E-state index contributed by atoms with van der Waals surface area (Å²) in [5.41, 5.74) is 0.982. The van der Waals surface area contributed by atoms with Gasteiger partial charge in [-0.25, -0.2) is 9.19 Å². The van der Waals surface area contributed by atoms with Crippen molar-refractivity contribution in [1.29, 1.82) is 0 Å². The molecule has 2 atom stereocenters. The number of hydrogen-bond donors (Lipinski definition) is 1. The highest BCUT2D eigenvalue weighted by Gasteiger charge is 2.27. The normalized spacial score (nSPS) is 13.9. The average Bonchev–Trinajstić information content (AvgIpc) is 3.39. The minimum absolute atomic E-state index is 0.0211. The smallest absolute Gasteiger partial charge is 0.462 e. The molecule has 0 saturated carbocycles. The Balaban J connectivity index is 1.84. The van der Waals surface area contributed by atoms with Crippen LogP contribution in [0.3, 0.4) is 0 Å². The molecule has 1 N–H and O–H groups in total. The number of aromatic nitrogens is 2. The Kier molecular flexibility index (Phi) is 14.4. The highest BCUT2D eigenvalue weighted by Crippen LogP contribution is 2.43. The van der Waals surface area contributed by atoms with Gasteiger partial charge < -0.3 is 18.9 Å². The Hall–Kier alpha value is -2.97. The molecule has 1 heterocycles. The van der Waals surface area contributed by atoms with Crippen LogP contribution in [-0.2, 0) is 39.1 Å². The Morgan fingerprint density at radius 1 is 1.02 bits per heavy atom. The van der Waals surface area contributed by atoms with E-state index < -0.39 is 37.4 Å². The summed E-state index contributed by atoms with van der Waals surface area (Å²) >= 11 is 0. The first kappa shape index (κ1) is 35.2. The fraction of sp³-hybridized carbons (Fsp3) is 0.692. The van der Waals surface area contributed by atoms with Gasteiger partial charge in [-0.05, 0) is 47.6 Å². The van der Waals surface area contributed by atoms with E-state index in [1.54, 1.807) is 6.07 Å². The molecule has 0 amide bonds. The van der Waals surface area contributed by atoms with E-state index in [0.29, 0.717) is 48.6 Å². The highest BCUT2D eigenvalue weighted by molar-refractivity contribution is 7.47. The molecule has 16 heteroatoms. The molecule has 1 aromatic heterocycles. The monoisotopic (exact) mass is 617 g/mol. The van der Waals surface area contributed by atoms with Gasteiger partial charge in [-0.3, -0.25) is 28.8 Å². The summed E-state index contributed by atoms with van der Waals surface area (Å²) in [6, 6.07) is 2.97. The molecule has 0 radical (unpaired) electrons. The molecule has 0 aliphatic carbocycles. The van der Waals surface area contributed by atoms with Crippen LogP contribution in [-0.4, -0.2) is 90.2 Å². The number of nitro groups is 1. The lowest BCUT2D eigenvalue weighted by atomic mass is 10.0. The maximum atomic E-state index is 12.5. The first-order chi connectivity index (χ1) is 19.8. The third-order valence-corrected chi connectivity index (χ3v) is 7.14. The Morgan fingerprint density at radius 2 is 1.71 bits per heavy atom. The van der Waals surface area contributed by atoms with Crippen molar-refractivity contribution in [2.24, 2.45) is 0 Å². The van der Waals surface area contributed by atoms with Crippen LogP contribution < -0.4 is 0 Å². The first-order valence-corrected chi connectivity index (χ1v) is 15.5. The zero-order valence-electron chi connectivity index (χ0n) is 24.7. The van der Waals surface area contributed by atoms with Crippen molar-refractivity contribution >= 4 is 36.5 Å². The molecule has 236 valence electrons. The molecule has 2 rings (SSSR count). The van der Waals surface area contributed by atoms with E-state index in [-0.39, 0.29) is 37.3 Å². The fourth-order valence-corrected chi connectivity index (χ4v) is 4.54. The van der Waals surface area contributed by atoms with Gasteiger partial charge in [-0.1, -0.05) is 26.2 Å². The Labute approximate surface area is 244 Å². The lowest BCUT2D eigenvalue weighted by Crippen LogP contribution is -2.37. The minimum Gasteiger partial charge on any atom is -0.462 e. The minimum atomic E-state index is -4.42. The Bertz CT molecular complexity index is 1210. The molecular formula is C26H42N4O11P+. The van der Waals surface area contributed by atoms with Gasteiger partial charge in [0.1, 0.15) is 25.3 Å². The second-order valence-corrected chi connectivity index (χ2v) is 12.3. The predicted octanol–water partition coefficient (Wildman–Crippen LogP) is 4.11. The summed E-state index contributed by atoms with van der Waals surface area (Å²) in [6.45, 7) is 1.64. The first-order valence-electron chi connectivity index (χ1n) is 14.0. The van der Waals surface area contributed by atoms with Crippen molar-refractivity contribution in [1.82, 2.24) is 10.3 Å². The number of unbranched alkanes of at least 4 members (excludes halogenated alkanes) is 4. The standard InChI is InChI=1S/C26H41N4O11P/c1-5-6-8-12-23(31)37-18-21(19-39-42(35,36)38-17-16-30(2,3)4)40-24(32)13-10-7-9-11-20-14-15-22(29(33)34)26-25(20)27-41-28-26/h14-15,21H,5-13,16-19H2,1-4H3/p+1/t21-/m1/s1. The summed E-state index contributed by atoms with van der Waals surface area (Å²) in [5.74, 6) is -1.04. The quantitative estimate of drug-likeness (QED) is 0.0526. The molecular weight excluding hydrogens is 575 g/mol. The van der Waals surface area contributed by atoms with Crippen LogP contribution >= 0.6 is 7.82 Å². The second-order valence-electron chi connectivity index (χ2n) is 10.9. The molecule has 1 aromatic carbocycles. The summed E-state index contributed by atoms with van der Waals surface area (Å²) in [7, 11) is 1.29. The number of ether oxygens (including phenoxy) is 2. The number of fused-ring (bicyclic) bond motifs is 1. The number of phosphoric ester groups is 1. The molecule has 42 heavy (non-hydrogen) atoms. The van der Waals surface area contributed by atoms with E-state index in [1.807, 2.05) is 28.1 Å². The predicted molar refractivity (Wildman–Crippen MR) is 150 cm³/mol. The maximum Gasteiger partial charge on any atom is 0.472 e. The Morgan fingerprint density at radius 3 is 2.40 bits per heavy atom. The van der Waals surface area contributed by atoms with Crippen LogP contribution in [0.5, 0.6) is 0 Å². The van der Waals surface area contributed by atoms with Gasteiger partial charge in [-0.15, -0.1) is 0 Å². The lowest BCUT2D eigenvalue weighted by Gasteiger charge is -2.24. The number of esters is 2. The van der Waals surface area contributed by atoms with Gasteiger partial charge in [0.25, 0.3) is 0 Å². The number of likely N-dealkylation sites (N-methyl/N-ethyl adjacent to an activating group) is 1. The third-order valence-electron chi connectivity index (χ3n) is 6.15. The third kappa shape index (κ3) is 13.3. The van der Waals surface area contributed by atoms with Gasteiger partial charge >= 0.3 is 25.4 Å². The highest BCUT2D eigenvalue weighted by atomic mass is 31.2. The maximum absolute atomic E-state index is 12.5. The number of rotatable bonds is 21. The van der Waals surface area contributed by atoms with E-state index >= 15 is 0 Å². The van der Waals surface area contributed by atoms with Gasteiger partial charge in [0.05, 0.1) is 32.7 Å². The van der Waals surface area contributed by atoms with Crippen molar-refractivity contribution in [2.45, 2.75) is 70.8 Å². The summed E-state index contributed by atoms with van der Waals surface area (Å²) < 4.78 is 38.1. The number of hydrogen-bond acceptors (Lipinski definition) is 12. The number of nitrogens with zero attached hydrogens (tertiary/aromatic N) is 4. The second kappa shape index (κ2) is 17.2. The van der Waals surface area contributed by atoms with Crippen LogP contribution in [0.15, 0.2) is 16.8 Å². The van der Waals surface area contributed by atoms with Crippen molar-refractivity contribution in [2.75, 3.05) is 47.5 Å². The molecule has 0 aliphatic heterocycles. The largest absolute Gasteiger partial charge is 0.472 e. The molecule has 15 nitrogen and oxygen atoms in total. The molecule has 1 unspecified atom stereocenters. The van der Waals surface area contributed by atoms with Crippen LogP contribution in [0.2, 0.25) is 0 Å². The zero-order valence-corrected chi connectivity index (χ0v) is 25.6. The van der Waals surface area contributed by atoms with Crippen LogP contribution in [0.1, 0.15) is 63.9 Å². The molecule has 0 spiro atoms. The summed E-state index contributed by atoms with van der Waals surface area (Å²) in [4.78, 5) is 45.2. The number of phosphoric acid groups is 1. The van der Waals surface area contributed by atoms with Crippen molar-refractivity contribution in [3.05, 3.63) is 27.8 Å². The zero-order chi connectivity index (χ0) is 31.2. The van der Waals surface area contributed by atoms with Gasteiger partial charge in [-0.2, -0.15) is 0 Å². The van der Waals surface area contributed by atoms with Gasteiger partial charge in [0.2, 0.25) is 5.52 Å². The number of benzene rings is 1. The van der Waals surface area contributed by atoms with E-state index in [0.717, 1.165) is 18.4 Å². The number of non-ortho nitro benzene ring substituents is 1. The van der Waals surface area contributed by atoms with Crippen molar-refractivity contribution in [3.63, 3.8) is 0 Å². The molecule has 2 aromatic rings. The molecule has 0 bridgehead atoms. The lowest BCUT2D eigenvalue weighted by molar-refractivity contribution is -0.870. The molecule has 0 fully saturated rings. The number of carbonyl (C=O) groups excluding carboxylic acids is 2. The van der Waals surface area contributed by atoms with E-state index in [2.05, 4.69) is 14.9 Å². The number of carbonyl (C=O) groups is 2. The topological polar surface area (TPSA) is 190 Å². The number of quaternary nitrogens is 1. The number of aryl methyl sites for hydroxylation is 1. The van der Waals surface area contributed by atoms with Crippen LogP contribution in [0.4, 0.5) is 5.69 Å². The molecule has 0 saturated heterocycles. The summed E-state index contributed by atoms with van der Waals surface area (Å²) in [6.07, 6.45) is 3.98. The van der Waals surface area contributed by atoms with E-state index in [1.165, 1.54) is 6.07 Å². The van der Waals surface area contributed by atoms with E-state index in [4.69, 9.17) is 18.5 Å². The van der Waals surface area contributed by atoms with Crippen molar-refractivity contribution in [3.8, 4) is 0 Å². The van der Waals surface area contributed by atoms with E-state index in [9.17, 15) is 29.2 Å². The average molecular weight is 618 g/mol. The van der Waals surface area contributed by atoms with Crippen LogP contribution in [0.25, 0.3) is 11.0 Å². The number of nitro benzene ring substituents is 1. The van der Waals surface area contributed by atoms with Crippen molar-refractivity contribution < 1.29 is 51.6 Å². The fourth-order valence-electron chi connectivity index (χ4n) is 3.80.